The van der Waals surface area contributed by atoms with E-state index in [0.29, 0.717) is 0 Å². The molecule has 1 aromatic heterocycles. The summed E-state index contributed by atoms with van der Waals surface area (Å²) >= 11 is 6.06. The van der Waals surface area contributed by atoms with Crippen LogP contribution in [0.3, 0.4) is 0 Å². The molecule has 0 saturated carbocycles. The second-order valence-electron chi connectivity index (χ2n) is 5.14. The molecule has 0 radical (unpaired) electrons. The summed E-state index contributed by atoms with van der Waals surface area (Å²) in [5.41, 5.74) is -0.947. The van der Waals surface area contributed by atoms with Crippen molar-refractivity contribution in [2.24, 2.45) is 0 Å². The Hall–Kier alpha value is -2.38. The van der Waals surface area contributed by atoms with Crippen LogP contribution in [0.1, 0.15) is 36.3 Å². The molecule has 2 aromatic rings. The molecule has 0 spiro atoms. The highest BCUT2D eigenvalue weighted by Crippen LogP contribution is 2.38. The van der Waals surface area contributed by atoms with Crippen molar-refractivity contribution in [3.8, 4) is 5.75 Å². The highest BCUT2D eigenvalue weighted by atomic mass is 35.5. The van der Waals surface area contributed by atoms with Crippen molar-refractivity contribution >= 4 is 17.6 Å². The van der Waals surface area contributed by atoms with E-state index >= 15 is 0 Å². The van der Waals surface area contributed by atoms with Crippen molar-refractivity contribution < 1.29 is 28.6 Å². The summed E-state index contributed by atoms with van der Waals surface area (Å²) in [4.78, 5) is 23.8. The molecule has 0 aliphatic carbocycles. The molecule has 1 heterocycles. The fraction of sp³-hybridized carbons (Fsp3) is 0.294. The summed E-state index contributed by atoms with van der Waals surface area (Å²) in [6, 6.07) is 4.82. The van der Waals surface area contributed by atoms with Gasteiger partial charge in [0.25, 0.3) is 0 Å². The van der Waals surface area contributed by atoms with Gasteiger partial charge in [0.15, 0.2) is 5.76 Å². The molecule has 0 saturated heterocycles. The summed E-state index contributed by atoms with van der Waals surface area (Å²) in [5, 5.41) is 19.3. The molecule has 0 fully saturated rings. The van der Waals surface area contributed by atoms with Gasteiger partial charge in [-0.2, -0.15) is 0 Å². The molecule has 0 bridgehead atoms. The number of rotatable bonds is 6. The first-order chi connectivity index (χ1) is 11.9. The molecule has 2 rings (SSSR count). The van der Waals surface area contributed by atoms with Gasteiger partial charge >= 0.3 is 5.97 Å². The molecule has 0 amide bonds. The van der Waals surface area contributed by atoms with E-state index in [2.05, 4.69) is 0 Å². The van der Waals surface area contributed by atoms with Crippen LogP contribution in [0.2, 0.25) is 5.02 Å². The van der Waals surface area contributed by atoms with E-state index in [0.717, 1.165) is 12.1 Å². The second-order valence-corrected chi connectivity index (χ2v) is 5.55. The van der Waals surface area contributed by atoms with E-state index in [1.807, 2.05) is 0 Å². The fourth-order valence-corrected chi connectivity index (χ4v) is 2.72. The van der Waals surface area contributed by atoms with Crippen LogP contribution in [0.15, 0.2) is 33.5 Å². The fourth-order valence-electron chi connectivity index (χ4n) is 2.43. The zero-order valence-corrected chi connectivity index (χ0v) is 14.0. The third-order valence-corrected chi connectivity index (χ3v) is 3.83. The van der Waals surface area contributed by atoms with Crippen molar-refractivity contribution in [1.29, 1.82) is 0 Å². The van der Waals surface area contributed by atoms with Crippen molar-refractivity contribution in [3.63, 3.8) is 0 Å². The number of carbonyl (C=O) groups is 1. The van der Waals surface area contributed by atoms with Crippen LogP contribution in [0.25, 0.3) is 0 Å². The Morgan fingerprint density at radius 2 is 2.16 bits per heavy atom. The zero-order valence-electron chi connectivity index (χ0n) is 13.3. The molecular formula is C17H16ClFO6. The van der Waals surface area contributed by atoms with Gasteiger partial charge in [-0.1, -0.05) is 17.7 Å². The molecule has 0 aliphatic rings. The van der Waals surface area contributed by atoms with E-state index in [9.17, 15) is 24.2 Å². The maximum Gasteiger partial charge on any atom is 0.306 e. The second kappa shape index (κ2) is 8.13. The molecule has 6 nitrogen and oxygen atoms in total. The van der Waals surface area contributed by atoms with E-state index in [1.165, 1.54) is 12.1 Å². The summed E-state index contributed by atoms with van der Waals surface area (Å²) in [7, 11) is 0. The maximum atomic E-state index is 14.3. The van der Waals surface area contributed by atoms with Crippen LogP contribution in [-0.2, 0) is 16.1 Å². The first-order valence-corrected chi connectivity index (χ1v) is 7.83. The van der Waals surface area contributed by atoms with E-state index < -0.39 is 41.9 Å². The highest BCUT2D eigenvalue weighted by Gasteiger charge is 2.30. The zero-order chi connectivity index (χ0) is 18.6. The van der Waals surface area contributed by atoms with Gasteiger partial charge in [0, 0.05) is 16.7 Å². The van der Waals surface area contributed by atoms with Crippen molar-refractivity contribution in [1.82, 2.24) is 0 Å². The first kappa shape index (κ1) is 19.0. The van der Waals surface area contributed by atoms with Crippen LogP contribution >= 0.6 is 11.6 Å². The highest BCUT2D eigenvalue weighted by molar-refractivity contribution is 6.31. The van der Waals surface area contributed by atoms with Gasteiger partial charge in [0.05, 0.1) is 18.9 Å². The minimum absolute atomic E-state index is 0.00857. The molecular weight excluding hydrogens is 355 g/mol. The van der Waals surface area contributed by atoms with Gasteiger partial charge in [-0.25, -0.2) is 4.39 Å². The number of aliphatic hydroxyl groups is 1. The summed E-state index contributed by atoms with van der Waals surface area (Å²) < 4.78 is 24.5. The predicted molar refractivity (Wildman–Crippen MR) is 87.1 cm³/mol. The number of aromatic hydroxyl groups is 1. The number of ether oxygens (including phenoxy) is 1. The lowest BCUT2D eigenvalue weighted by Crippen LogP contribution is -2.16. The van der Waals surface area contributed by atoms with Gasteiger partial charge in [-0.05, 0) is 19.1 Å². The first-order valence-electron chi connectivity index (χ1n) is 7.45. The molecule has 2 N–H and O–H groups in total. The van der Waals surface area contributed by atoms with Gasteiger partial charge in [0.1, 0.15) is 18.2 Å². The van der Waals surface area contributed by atoms with Crippen LogP contribution in [0.4, 0.5) is 4.39 Å². The van der Waals surface area contributed by atoms with Crippen LogP contribution in [-0.4, -0.2) is 22.8 Å². The number of benzene rings is 1. The number of hydrogen-bond acceptors (Lipinski definition) is 6. The summed E-state index contributed by atoms with van der Waals surface area (Å²) in [5.74, 6) is -3.92. The summed E-state index contributed by atoms with van der Waals surface area (Å²) in [6.45, 7) is 1.09. The average Bonchev–Trinajstić information content (AvgIpc) is 2.56. The van der Waals surface area contributed by atoms with Crippen molar-refractivity contribution in [2.45, 2.75) is 25.9 Å². The normalized spacial score (nSPS) is 12.0. The standard InChI is InChI=1S/C17H16ClFO6/c1-2-24-14(22)7-10(15-11(18)4-3-5-12(15)19)17-16(23)13(21)6-9(8-20)25-17/h3-6,10,20,23H,2,7-8H2,1H3. The smallest absolute Gasteiger partial charge is 0.306 e. The molecule has 25 heavy (non-hydrogen) atoms. The number of aliphatic hydroxyl groups excluding tert-OH is 1. The van der Waals surface area contributed by atoms with Crippen molar-refractivity contribution in [3.05, 3.63) is 62.4 Å². The predicted octanol–water partition coefficient (Wildman–Crippen LogP) is 2.72. The van der Waals surface area contributed by atoms with Crippen LogP contribution in [0, 0.1) is 5.82 Å². The summed E-state index contributed by atoms with van der Waals surface area (Å²) in [6.07, 6.45) is -0.417. The SMILES string of the molecule is CCOC(=O)CC(c1oc(CO)cc(=O)c1O)c1c(F)cccc1Cl. The molecule has 1 aromatic carbocycles. The van der Waals surface area contributed by atoms with Gasteiger partial charge in [-0.15, -0.1) is 0 Å². The minimum atomic E-state index is -1.20. The topological polar surface area (TPSA) is 97.0 Å². The Balaban J connectivity index is 2.66. The number of esters is 1. The monoisotopic (exact) mass is 370 g/mol. The van der Waals surface area contributed by atoms with Gasteiger partial charge in [-0.3, -0.25) is 9.59 Å². The van der Waals surface area contributed by atoms with E-state index in [4.69, 9.17) is 20.8 Å². The Morgan fingerprint density at radius 1 is 1.44 bits per heavy atom. The van der Waals surface area contributed by atoms with Crippen LogP contribution in [0.5, 0.6) is 5.75 Å². The van der Waals surface area contributed by atoms with E-state index in [-0.39, 0.29) is 28.7 Å². The lowest BCUT2D eigenvalue weighted by molar-refractivity contribution is -0.143. The Labute approximate surface area is 147 Å². The third-order valence-electron chi connectivity index (χ3n) is 3.50. The Bertz CT molecular complexity index is 812. The molecule has 1 unspecified atom stereocenters. The third kappa shape index (κ3) is 4.18. The number of halogens is 2. The number of carbonyl (C=O) groups excluding carboxylic acids is 1. The lowest BCUT2D eigenvalue weighted by Gasteiger charge is -2.19. The Kier molecular flexibility index (Phi) is 6.17. The molecule has 134 valence electrons. The van der Waals surface area contributed by atoms with Crippen molar-refractivity contribution in [2.75, 3.05) is 6.61 Å². The van der Waals surface area contributed by atoms with Gasteiger partial charge < -0.3 is 19.4 Å². The van der Waals surface area contributed by atoms with Crippen LogP contribution < -0.4 is 5.43 Å². The Morgan fingerprint density at radius 3 is 2.76 bits per heavy atom. The van der Waals surface area contributed by atoms with E-state index in [1.54, 1.807) is 6.92 Å². The molecule has 0 aliphatic heterocycles. The molecule has 8 heteroatoms. The molecule has 1 atom stereocenters. The average molecular weight is 371 g/mol. The quantitative estimate of drug-likeness (QED) is 0.759. The maximum absolute atomic E-state index is 14.3. The number of hydrogen-bond donors (Lipinski definition) is 2. The van der Waals surface area contributed by atoms with Gasteiger partial charge in [0.2, 0.25) is 11.2 Å². The minimum Gasteiger partial charge on any atom is -0.502 e. The lowest BCUT2D eigenvalue weighted by atomic mass is 9.91. The largest absolute Gasteiger partial charge is 0.502 e.